The van der Waals surface area contributed by atoms with Gasteiger partial charge in [-0.2, -0.15) is 0 Å². The molecule has 0 aromatic heterocycles. The molecular weight excluding hydrogens is 354 g/mol. The molecule has 0 heterocycles. The van der Waals surface area contributed by atoms with Crippen molar-refractivity contribution in [2.45, 2.75) is 30.5 Å². The van der Waals surface area contributed by atoms with Crippen LogP contribution in [0.15, 0.2) is 0 Å². The monoisotopic (exact) mass is 370 g/mol. The summed E-state index contributed by atoms with van der Waals surface area (Å²) in [5.74, 6) is 0. The number of aliphatic hydroxyl groups excluding tert-OH is 4. The minimum atomic E-state index is -5.39. The van der Waals surface area contributed by atoms with Crippen molar-refractivity contribution in [2.24, 2.45) is 0 Å². The van der Waals surface area contributed by atoms with E-state index in [0.717, 1.165) is 0 Å². The molecule has 0 saturated carbocycles. The van der Waals surface area contributed by atoms with Crippen molar-refractivity contribution in [3.8, 4) is 0 Å². The first-order valence-corrected chi connectivity index (χ1v) is 8.46. The van der Waals surface area contributed by atoms with E-state index in [4.69, 9.17) is 29.8 Å². The van der Waals surface area contributed by atoms with E-state index in [1.807, 2.05) is 0 Å². The maximum absolute atomic E-state index is 10.8. The highest BCUT2D eigenvalue weighted by Gasteiger charge is 2.43. The standard InChI is InChI=1S/C7H16O13P2/c8-1-3(10)5(11)6(12)7(20-22(16,17)18)4(2-9)19-21(13,14)15/h2-8,10-12H,1H2,(H2,13,14,15)(H2,16,17,18). The zero-order valence-electron chi connectivity index (χ0n) is 10.7. The molecule has 0 aliphatic heterocycles. The van der Waals surface area contributed by atoms with E-state index < -0.39 is 52.8 Å². The lowest BCUT2D eigenvalue weighted by Crippen LogP contribution is -2.51. The molecule has 0 aromatic carbocycles. The second kappa shape index (κ2) is 8.55. The molecule has 0 aromatic rings. The molecule has 0 spiro atoms. The van der Waals surface area contributed by atoms with Crippen LogP contribution in [-0.2, 0) is 23.0 Å². The summed E-state index contributed by atoms with van der Waals surface area (Å²) in [5, 5.41) is 36.8. The predicted molar refractivity (Wildman–Crippen MR) is 65.0 cm³/mol. The molecule has 0 bridgehead atoms. The molecule has 0 aliphatic rings. The van der Waals surface area contributed by atoms with E-state index in [-0.39, 0.29) is 6.29 Å². The quantitative estimate of drug-likeness (QED) is 0.136. The second-order valence-corrected chi connectivity index (χ2v) is 6.37. The Balaban J connectivity index is 5.46. The van der Waals surface area contributed by atoms with Gasteiger partial charge in [0.25, 0.3) is 0 Å². The highest BCUT2D eigenvalue weighted by Crippen LogP contribution is 2.43. The van der Waals surface area contributed by atoms with Gasteiger partial charge in [-0.25, -0.2) is 9.13 Å². The van der Waals surface area contributed by atoms with Crippen molar-refractivity contribution >= 4 is 21.9 Å². The van der Waals surface area contributed by atoms with Gasteiger partial charge in [-0.1, -0.05) is 0 Å². The topological polar surface area (TPSA) is 232 Å². The van der Waals surface area contributed by atoms with Crippen molar-refractivity contribution in [3.05, 3.63) is 0 Å². The van der Waals surface area contributed by atoms with Gasteiger partial charge < -0.3 is 44.8 Å². The van der Waals surface area contributed by atoms with Crippen LogP contribution in [0.2, 0.25) is 0 Å². The van der Waals surface area contributed by atoms with Crippen LogP contribution in [0, 0.1) is 0 Å². The van der Waals surface area contributed by atoms with Gasteiger partial charge in [0.2, 0.25) is 0 Å². The number of aldehydes is 1. The van der Waals surface area contributed by atoms with E-state index in [1.165, 1.54) is 0 Å². The van der Waals surface area contributed by atoms with Crippen LogP contribution in [-0.4, -0.2) is 83.4 Å². The third-order valence-electron chi connectivity index (χ3n) is 2.24. The molecule has 8 N–H and O–H groups in total. The number of hydrogen-bond donors (Lipinski definition) is 8. The van der Waals surface area contributed by atoms with E-state index in [9.17, 15) is 24.1 Å². The van der Waals surface area contributed by atoms with E-state index in [1.54, 1.807) is 0 Å². The number of carbonyl (C=O) groups excluding carboxylic acids is 1. The average molecular weight is 370 g/mol. The Kier molecular flexibility index (Phi) is 8.44. The van der Waals surface area contributed by atoms with Crippen LogP contribution in [0.3, 0.4) is 0 Å². The van der Waals surface area contributed by atoms with Crippen LogP contribution >= 0.6 is 15.6 Å². The van der Waals surface area contributed by atoms with Crippen molar-refractivity contribution in [2.75, 3.05) is 6.61 Å². The molecule has 5 atom stereocenters. The normalized spacial score (nSPS) is 20.0. The van der Waals surface area contributed by atoms with Gasteiger partial charge in [0.1, 0.15) is 24.4 Å². The Bertz CT molecular complexity index is 442. The fourth-order valence-electron chi connectivity index (χ4n) is 1.33. The molecule has 0 rings (SSSR count). The highest BCUT2D eigenvalue weighted by molar-refractivity contribution is 7.46. The summed E-state index contributed by atoms with van der Waals surface area (Å²) in [6, 6.07) is 0. The Labute approximate surface area is 123 Å². The first kappa shape index (κ1) is 21.7. The predicted octanol–water partition coefficient (Wildman–Crippen LogP) is -3.78. The Morgan fingerprint density at radius 3 is 1.68 bits per heavy atom. The van der Waals surface area contributed by atoms with Gasteiger partial charge in [-0.05, 0) is 0 Å². The van der Waals surface area contributed by atoms with Crippen molar-refractivity contribution in [3.63, 3.8) is 0 Å². The number of phosphoric acid groups is 2. The van der Waals surface area contributed by atoms with Crippen LogP contribution < -0.4 is 0 Å². The largest absolute Gasteiger partial charge is 0.470 e. The van der Waals surface area contributed by atoms with Crippen LogP contribution in [0.25, 0.3) is 0 Å². The minimum absolute atomic E-state index is 0.347. The summed E-state index contributed by atoms with van der Waals surface area (Å²) >= 11 is 0. The van der Waals surface area contributed by atoms with Gasteiger partial charge >= 0.3 is 15.6 Å². The van der Waals surface area contributed by atoms with Crippen molar-refractivity contribution in [1.29, 1.82) is 0 Å². The van der Waals surface area contributed by atoms with E-state index >= 15 is 0 Å². The molecular formula is C7H16O13P2. The SMILES string of the molecule is O=CC(OP(=O)(O)O)C(OP(=O)(O)O)C(O)C(O)C(O)CO. The maximum atomic E-state index is 10.8. The van der Waals surface area contributed by atoms with Crippen LogP contribution in [0.5, 0.6) is 0 Å². The zero-order valence-corrected chi connectivity index (χ0v) is 12.5. The van der Waals surface area contributed by atoms with Crippen LogP contribution in [0.4, 0.5) is 0 Å². The molecule has 0 fully saturated rings. The number of carbonyl (C=O) groups is 1. The third-order valence-corrected chi connectivity index (χ3v) is 3.28. The minimum Gasteiger partial charge on any atom is -0.394 e. The molecule has 0 radical (unpaired) electrons. The number of phosphoric ester groups is 2. The summed E-state index contributed by atoms with van der Waals surface area (Å²) in [7, 11) is -10.7. The molecule has 0 aliphatic carbocycles. The molecule has 15 heteroatoms. The summed E-state index contributed by atoms with van der Waals surface area (Å²) in [6.07, 6.45) is -11.9. The van der Waals surface area contributed by atoms with Crippen LogP contribution in [0.1, 0.15) is 0 Å². The number of hydrogen-bond acceptors (Lipinski definition) is 9. The fourth-order valence-corrected chi connectivity index (χ4v) is 2.37. The molecule has 0 saturated heterocycles. The van der Waals surface area contributed by atoms with Gasteiger partial charge in [0.15, 0.2) is 12.4 Å². The smallest absolute Gasteiger partial charge is 0.394 e. The highest BCUT2D eigenvalue weighted by atomic mass is 31.2. The van der Waals surface area contributed by atoms with Crippen molar-refractivity contribution in [1.82, 2.24) is 0 Å². The maximum Gasteiger partial charge on any atom is 0.470 e. The summed E-state index contributed by atoms with van der Waals surface area (Å²) < 4.78 is 29.4. The molecule has 132 valence electrons. The zero-order chi connectivity index (χ0) is 17.7. The molecule has 22 heavy (non-hydrogen) atoms. The Hall–Kier alpha value is -0.270. The lowest BCUT2D eigenvalue weighted by molar-refractivity contribution is -0.143. The van der Waals surface area contributed by atoms with Crippen molar-refractivity contribution < 1.29 is 63.0 Å². The van der Waals surface area contributed by atoms with Gasteiger partial charge in [-0.3, -0.25) is 9.05 Å². The Morgan fingerprint density at radius 1 is 0.909 bits per heavy atom. The molecule has 13 nitrogen and oxygen atoms in total. The lowest BCUT2D eigenvalue weighted by Gasteiger charge is -2.31. The first-order chi connectivity index (χ1) is 9.82. The van der Waals surface area contributed by atoms with E-state index in [0.29, 0.717) is 0 Å². The summed E-state index contributed by atoms with van der Waals surface area (Å²) in [4.78, 5) is 45.3. The van der Waals surface area contributed by atoms with E-state index in [2.05, 4.69) is 9.05 Å². The average Bonchev–Trinajstić information content (AvgIpc) is 2.37. The number of rotatable bonds is 10. The first-order valence-electron chi connectivity index (χ1n) is 5.40. The number of aliphatic hydroxyl groups is 4. The summed E-state index contributed by atoms with van der Waals surface area (Å²) in [6.45, 7) is -1.08. The van der Waals surface area contributed by atoms with Gasteiger partial charge in [-0.15, -0.1) is 0 Å². The van der Waals surface area contributed by atoms with Gasteiger partial charge in [0.05, 0.1) is 6.61 Å². The second-order valence-electron chi connectivity index (χ2n) is 3.99. The third kappa shape index (κ3) is 7.83. The summed E-state index contributed by atoms with van der Waals surface area (Å²) in [5.41, 5.74) is 0. The fraction of sp³-hybridized carbons (Fsp3) is 0.857. The lowest BCUT2D eigenvalue weighted by atomic mass is 10.0. The molecule has 5 unspecified atom stereocenters. The molecule has 0 amide bonds. The van der Waals surface area contributed by atoms with Gasteiger partial charge in [0, 0.05) is 0 Å². The Morgan fingerprint density at radius 2 is 1.36 bits per heavy atom.